The summed E-state index contributed by atoms with van der Waals surface area (Å²) in [5.41, 5.74) is 0.107. The van der Waals surface area contributed by atoms with E-state index in [4.69, 9.17) is 0 Å². The third kappa shape index (κ3) is 3.86. The molecule has 0 aromatic heterocycles. The molecule has 0 fully saturated rings. The van der Waals surface area contributed by atoms with Gasteiger partial charge in [0.25, 0.3) is 0 Å². The fraction of sp³-hybridized carbons (Fsp3) is 0.333. The Morgan fingerprint density at radius 3 is 2.59 bits per heavy atom. The Morgan fingerprint density at radius 2 is 2.00 bits per heavy atom. The first-order valence-electron chi connectivity index (χ1n) is 5.39. The third-order valence-corrected chi connectivity index (χ3v) is 2.22. The fourth-order valence-electron chi connectivity index (χ4n) is 1.21. The van der Waals surface area contributed by atoms with Crippen LogP contribution in [0.4, 0.5) is 10.1 Å². The number of halogens is 1. The first kappa shape index (κ1) is 13.2. The maximum Gasteiger partial charge on any atom is 0.246 e. The molecule has 0 aliphatic carbocycles. The summed E-state index contributed by atoms with van der Waals surface area (Å²) < 4.78 is 13.2. The number of carbonyl (C=O) groups is 2. The van der Waals surface area contributed by atoms with Gasteiger partial charge >= 0.3 is 0 Å². The summed E-state index contributed by atoms with van der Waals surface area (Å²) in [6.45, 7) is 3.24. The van der Waals surface area contributed by atoms with Crippen molar-refractivity contribution in [3.8, 4) is 0 Å². The van der Waals surface area contributed by atoms with Crippen LogP contribution in [-0.4, -0.2) is 17.9 Å². The molecule has 0 saturated heterocycles. The number of nitrogens with one attached hydrogen (secondary N) is 2. The highest BCUT2D eigenvalue weighted by Gasteiger charge is 2.15. The highest BCUT2D eigenvalue weighted by Crippen LogP contribution is 2.12. The van der Waals surface area contributed by atoms with Crippen molar-refractivity contribution in [2.75, 3.05) is 5.32 Å². The highest BCUT2D eigenvalue weighted by molar-refractivity contribution is 5.96. The second-order valence-corrected chi connectivity index (χ2v) is 3.61. The van der Waals surface area contributed by atoms with E-state index in [1.54, 1.807) is 19.9 Å². The minimum atomic E-state index is -0.693. The van der Waals surface area contributed by atoms with Crippen LogP contribution in [0, 0.1) is 5.82 Å². The molecule has 17 heavy (non-hydrogen) atoms. The summed E-state index contributed by atoms with van der Waals surface area (Å²) >= 11 is 0. The minimum absolute atomic E-state index is 0.107. The molecule has 2 amide bonds. The summed E-state index contributed by atoms with van der Waals surface area (Å²) in [5, 5.41) is 4.91. The van der Waals surface area contributed by atoms with E-state index < -0.39 is 17.8 Å². The SMILES string of the molecule is CCC(=O)NC(C)C(=O)Nc1ccccc1F. The van der Waals surface area contributed by atoms with E-state index in [1.165, 1.54) is 18.2 Å². The smallest absolute Gasteiger partial charge is 0.246 e. The monoisotopic (exact) mass is 238 g/mol. The Balaban J connectivity index is 2.60. The molecule has 0 bridgehead atoms. The molecule has 1 atom stereocenters. The van der Waals surface area contributed by atoms with Gasteiger partial charge in [-0.1, -0.05) is 19.1 Å². The van der Waals surface area contributed by atoms with Crippen LogP contribution in [0.25, 0.3) is 0 Å². The highest BCUT2D eigenvalue weighted by atomic mass is 19.1. The van der Waals surface area contributed by atoms with E-state index >= 15 is 0 Å². The normalized spacial score (nSPS) is 11.7. The van der Waals surface area contributed by atoms with Crippen LogP contribution < -0.4 is 10.6 Å². The van der Waals surface area contributed by atoms with E-state index in [2.05, 4.69) is 10.6 Å². The van der Waals surface area contributed by atoms with Crippen molar-refractivity contribution in [2.45, 2.75) is 26.3 Å². The molecule has 0 heterocycles. The molecular formula is C12H15FN2O2. The van der Waals surface area contributed by atoms with Gasteiger partial charge in [-0.15, -0.1) is 0 Å². The second kappa shape index (κ2) is 5.98. The molecule has 1 unspecified atom stereocenters. The first-order chi connectivity index (χ1) is 8.04. The van der Waals surface area contributed by atoms with Crippen molar-refractivity contribution in [3.05, 3.63) is 30.1 Å². The summed E-state index contributed by atoms with van der Waals surface area (Å²) in [7, 11) is 0. The van der Waals surface area contributed by atoms with Crippen LogP contribution in [0.1, 0.15) is 20.3 Å². The number of anilines is 1. The standard InChI is InChI=1S/C12H15FN2O2/c1-3-11(16)14-8(2)12(17)15-10-7-5-4-6-9(10)13/h4-8H,3H2,1-2H3,(H,14,16)(H,15,17). The average molecular weight is 238 g/mol. The lowest BCUT2D eigenvalue weighted by atomic mass is 10.2. The van der Waals surface area contributed by atoms with Crippen molar-refractivity contribution in [2.24, 2.45) is 0 Å². The Labute approximate surface area is 99.2 Å². The second-order valence-electron chi connectivity index (χ2n) is 3.61. The lowest BCUT2D eigenvalue weighted by Crippen LogP contribution is -2.41. The topological polar surface area (TPSA) is 58.2 Å². The van der Waals surface area contributed by atoms with Crippen molar-refractivity contribution in [3.63, 3.8) is 0 Å². The van der Waals surface area contributed by atoms with Gasteiger partial charge in [0.05, 0.1) is 5.69 Å². The van der Waals surface area contributed by atoms with E-state index in [0.717, 1.165) is 0 Å². The lowest BCUT2D eigenvalue weighted by Gasteiger charge is -2.13. The maximum atomic E-state index is 13.2. The molecule has 0 aliphatic heterocycles. The van der Waals surface area contributed by atoms with E-state index in [1.807, 2.05) is 0 Å². The number of hydrogen-bond acceptors (Lipinski definition) is 2. The molecule has 5 heteroatoms. The summed E-state index contributed by atoms with van der Waals surface area (Å²) in [6.07, 6.45) is 0.303. The van der Waals surface area contributed by atoms with Crippen molar-refractivity contribution in [1.82, 2.24) is 5.32 Å². The summed E-state index contributed by atoms with van der Waals surface area (Å²) in [6, 6.07) is 5.18. The van der Waals surface area contributed by atoms with Crippen LogP contribution in [0.3, 0.4) is 0 Å². The quantitative estimate of drug-likeness (QED) is 0.838. The molecule has 2 N–H and O–H groups in total. The van der Waals surface area contributed by atoms with Crippen molar-refractivity contribution in [1.29, 1.82) is 0 Å². The van der Waals surface area contributed by atoms with E-state index in [0.29, 0.717) is 6.42 Å². The van der Waals surface area contributed by atoms with Crippen molar-refractivity contribution < 1.29 is 14.0 Å². The first-order valence-corrected chi connectivity index (χ1v) is 5.39. The molecule has 0 aliphatic rings. The molecule has 1 rings (SSSR count). The Morgan fingerprint density at radius 1 is 1.35 bits per heavy atom. The zero-order valence-electron chi connectivity index (χ0n) is 9.79. The zero-order chi connectivity index (χ0) is 12.8. The lowest BCUT2D eigenvalue weighted by molar-refractivity contribution is -0.125. The fourth-order valence-corrected chi connectivity index (χ4v) is 1.21. The number of hydrogen-bond donors (Lipinski definition) is 2. The van der Waals surface area contributed by atoms with Crippen LogP contribution in [-0.2, 0) is 9.59 Å². The molecular weight excluding hydrogens is 223 g/mol. The van der Waals surface area contributed by atoms with Gasteiger partial charge < -0.3 is 10.6 Å². The summed E-state index contributed by atoms with van der Waals surface area (Å²) in [5.74, 6) is -1.17. The van der Waals surface area contributed by atoms with Gasteiger partial charge in [0.1, 0.15) is 11.9 Å². The van der Waals surface area contributed by atoms with Gasteiger partial charge in [-0.2, -0.15) is 0 Å². The Bertz CT molecular complexity index is 421. The molecule has 0 radical (unpaired) electrons. The zero-order valence-corrected chi connectivity index (χ0v) is 9.79. The Kier molecular flexibility index (Phi) is 4.63. The van der Waals surface area contributed by atoms with Crippen LogP contribution in [0.15, 0.2) is 24.3 Å². The predicted molar refractivity (Wildman–Crippen MR) is 62.9 cm³/mol. The molecule has 1 aromatic carbocycles. The molecule has 4 nitrogen and oxygen atoms in total. The van der Waals surface area contributed by atoms with Gasteiger partial charge in [0, 0.05) is 6.42 Å². The van der Waals surface area contributed by atoms with Gasteiger partial charge in [-0.05, 0) is 19.1 Å². The van der Waals surface area contributed by atoms with E-state index in [-0.39, 0.29) is 11.6 Å². The number of benzene rings is 1. The van der Waals surface area contributed by atoms with Crippen LogP contribution in [0.2, 0.25) is 0 Å². The minimum Gasteiger partial charge on any atom is -0.345 e. The van der Waals surface area contributed by atoms with Crippen LogP contribution in [0.5, 0.6) is 0 Å². The maximum absolute atomic E-state index is 13.2. The van der Waals surface area contributed by atoms with Gasteiger partial charge in [0.15, 0.2) is 0 Å². The largest absolute Gasteiger partial charge is 0.345 e. The molecule has 0 saturated carbocycles. The van der Waals surface area contributed by atoms with Crippen LogP contribution >= 0.6 is 0 Å². The summed E-state index contributed by atoms with van der Waals surface area (Å²) in [4.78, 5) is 22.7. The number of carbonyl (C=O) groups excluding carboxylic acids is 2. The van der Waals surface area contributed by atoms with E-state index in [9.17, 15) is 14.0 Å². The number of amides is 2. The third-order valence-electron chi connectivity index (χ3n) is 2.22. The van der Waals surface area contributed by atoms with Crippen molar-refractivity contribution >= 4 is 17.5 Å². The molecule has 0 spiro atoms. The van der Waals surface area contributed by atoms with Gasteiger partial charge in [-0.25, -0.2) is 4.39 Å². The average Bonchev–Trinajstić information content (AvgIpc) is 2.31. The number of rotatable bonds is 4. The molecule has 1 aromatic rings. The number of para-hydroxylation sites is 1. The molecule has 92 valence electrons. The van der Waals surface area contributed by atoms with Gasteiger partial charge in [-0.3, -0.25) is 9.59 Å². The van der Waals surface area contributed by atoms with Gasteiger partial charge in [0.2, 0.25) is 11.8 Å². The Hall–Kier alpha value is -1.91. The predicted octanol–water partition coefficient (Wildman–Crippen LogP) is 1.68.